The first kappa shape index (κ1) is 56.2. The zero-order chi connectivity index (χ0) is 53.9. The molecule has 6 aromatic carbocycles. The van der Waals surface area contributed by atoms with Gasteiger partial charge in [-0.2, -0.15) is 127 Å². The highest BCUT2D eigenvalue weighted by molar-refractivity contribution is 7.94. The minimum Gasteiger partial charge on any atom is -0.194 e. The quantitative estimate of drug-likeness (QED) is 0.0886. The lowest BCUT2D eigenvalue weighted by atomic mass is 9.12. The average Bonchev–Trinajstić information content (AvgIpc) is 3.21. The van der Waals surface area contributed by atoms with Crippen LogP contribution >= 0.6 is 0 Å². The molecule has 0 spiro atoms. The second-order valence-corrected chi connectivity index (χ2v) is 18.3. The molecule has 6 aromatic rings. The fourth-order valence-electron chi connectivity index (χ4n) is 7.80. The summed E-state index contributed by atoms with van der Waals surface area (Å²) in [6.07, 6.45) is -50.2. The molecule has 384 valence electrons. The highest BCUT2D eigenvalue weighted by atomic mass is 32.2. The molecule has 71 heavy (non-hydrogen) atoms. The first-order chi connectivity index (χ1) is 32.0. The summed E-state index contributed by atoms with van der Waals surface area (Å²) in [6, 6.07) is 6.40. The van der Waals surface area contributed by atoms with E-state index in [2.05, 4.69) is 55.0 Å². The van der Waals surface area contributed by atoms with Gasteiger partial charge in [0.1, 0.15) is 11.9 Å². The van der Waals surface area contributed by atoms with E-state index in [1.165, 1.54) is 22.1 Å². The van der Waals surface area contributed by atoms with Crippen LogP contribution in [-0.2, 0) is 66.1 Å². The van der Waals surface area contributed by atoms with Crippen LogP contribution in [-0.4, -0.2) is 18.7 Å². The molecule has 0 amide bonds. The van der Waals surface area contributed by atoms with Crippen LogP contribution in [0.5, 0.6) is 0 Å². The van der Waals surface area contributed by atoms with Crippen molar-refractivity contribution in [1.82, 2.24) is 0 Å². The lowest BCUT2D eigenvalue weighted by Crippen LogP contribution is -2.75. The van der Waals surface area contributed by atoms with Crippen LogP contribution in [0.1, 0.15) is 50.1 Å². The summed E-state index contributed by atoms with van der Waals surface area (Å²) in [6.45, 7) is 0. The topological polar surface area (TPSA) is 0 Å². The standard InChI is InChI=1S/C32H12BF24.C13H15S/c34-25(35,36)13-1-14(26(37,38)39)6-21(5-13)33(22-7-15(27(40,41)42)2-16(8-22)28(43,44)45,23-9-17(29(46,47)48)3-18(10-23)30(49,50)51)24-11-19(31(52,53)54)4-20(12-24)32(55,56)57;1-14(2)10-12-8-5-7-11-6-3-4-9-13(11)12/h1-12H;3-9H,10H2,1-2H3/q-1;+1. The Bertz CT molecular complexity index is 2430. The van der Waals surface area contributed by atoms with E-state index < -0.39 is 195 Å². The van der Waals surface area contributed by atoms with Gasteiger partial charge in [0, 0.05) is 5.56 Å². The molecule has 0 unspecified atom stereocenters. The Morgan fingerprint density at radius 3 is 0.761 bits per heavy atom. The van der Waals surface area contributed by atoms with Crippen molar-refractivity contribution in [3.05, 3.63) is 165 Å². The number of halogens is 24. The van der Waals surface area contributed by atoms with Gasteiger partial charge in [0.05, 0.1) is 57.0 Å². The molecule has 0 radical (unpaired) electrons. The number of alkyl halides is 24. The molecule has 0 heterocycles. The largest absolute Gasteiger partial charge is 0.416 e. The SMILES string of the molecule is C[S+](C)Cc1cccc2ccccc12.FC(F)(F)c1cc([B-](c2cc(C(F)(F)F)cc(C(F)(F)F)c2)(c2cc(C(F)(F)F)cc(C(F)(F)F)c2)c2cc(C(F)(F)F)cc(C(F)(F)F)c2)cc(C(F)(F)F)c1. The van der Waals surface area contributed by atoms with Gasteiger partial charge in [-0.05, 0) is 45.9 Å². The number of benzene rings is 6. The molecule has 0 atom stereocenters. The molecule has 0 aromatic heterocycles. The van der Waals surface area contributed by atoms with Crippen LogP contribution in [0.4, 0.5) is 105 Å². The molecule has 6 rings (SSSR count). The minimum atomic E-state index is -6.13. The summed E-state index contributed by atoms with van der Waals surface area (Å²) in [5.74, 6) is 1.20. The van der Waals surface area contributed by atoms with E-state index in [4.69, 9.17) is 0 Å². The molecule has 26 heteroatoms. The molecule has 0 fully saturated rings. The summed E-state index contributed by atoms with van der Waals surface area (Å²) in [5, 5.41) is 2.77. The van der Waals surface area contributed by atoms with Crippen LogP contribution < -0.4 is 21.9 Å². The fraction of sp³-hybridized carbons (Fsp3) is 0.244. The van der Waals surface area contributed by atoms with Crippen molar-refractivity contribution in [2.75, 3.05) is 12.5 Å². The molecular weight excluding hydrogens is 1040 g/mol. The molecule has 0 saturated heterocycles. The summed E-state index contributed by atoms with van der Waals surface area (Å²) in [5.41, 5.74) is -28.7. The molecule has 0 nitrogen and oxygen atoms in total. The zero-order valence-electron chi connectivity index (χ0n) is 35.2. The van der Waals surface area contributed by atoms with E-state index in [9.17, 15) is 105 Å². The van der Waals surface area contributed by atoms with Crippen LogP contribution in [0.3, 0.4) is 0 Å². The van der Waals surface area contributed by atoms with E-state index >= 15 is 0 Å². The molecule has 0 aliphatic carbocycles. The van der Waals surface area contributed by atoms with E-state index in [-0.39, 0.29) is 0 Å². The highest BCUT2D eigenvalue weighted by Crippen LogP contribution is 2.41. The summed E-state index contributed by atoms with van der Waals surface area (Å²) in [4.78, 5) is 0. The second kappa shape index (κ2) is 19.1. The lowest BCUT2D eigenvalue weighted by Gasteiger charge is -2.46. The normalized spacial score (nSPS) is 13.7. The van der Waals surface area contributed by atoms with Crippen molar-refractivity contribution in [2.45, 2.75) is 55.2 Å². The van der Waals surface area contributed by atoms with Gasteiger partial charge >= 0.3 is 49.4 Å². The smallest absolute Gasteiger partial charge is 0.194 e. The van der Waals surface area contributed by atoms with Gasteiger partial charge in [-0.1, -0.05) is 91.0 Å². The van der Waals surface area contributed by atoms with Gasteiger partial charge in [0.2, 0.25) is 0 Å². The summed E-state index contributed by atoms with van der Waals surface area (Å²) < 4.78 is 341. The van der Waals surface area contributed by atoms with Crippen molar-refractivity contribution < 1.29 is 105 Å². The highest BCUT2D eigenvalue weighted by Gasteiger charge is 2.47. The molecule has 0 bridgehead atoms. The first-order valence-electron chi connectivity index (χ1n) is 19.4. The molecule has 0 saturated carbocycles. The van der Waals surface area contributed by atoms with Crippen LogP contribution in [0.25, 0.3) is 10.8 Å². The molecular formula is C45H27BF24S. The van der Waals surface area contributed by atoms with Gasteiger partial charge in [0.25, 0.3) is 0 Å². The van der Waals surface area contributed by atoms with E-state index in [0.29, 0.717) is 10.9 Å². The zero-order valence-corrected chi connectivity index (χ0v) is 36.1. The van der Waals surface area contributed by atoms with Crippen molar-refractivity contribution >= 4 is 49.7 Å². The van der Waals surface area contributed by atoms with E-state index in [0.717, 1.165) is 0 Å². The third-order valence-electron chi connectivity index (χ3n) is 10.8. The van der Waals surface area contributed by atoms with Gasteiger partial charge in [0.15, 0.2) is 0 Å². The van der Waals surface area contributed by atoms with Crippen LogP contribution in [0.15, 0.2) is 115 Å². The van der Waals surface area contributed by atoms with E-state index in [1.807, 2.05) is 0 Å². The van der Waals surface area contributed by atoms with Gasteiger partial charge in [-0.25, -0.2) is 0 Å². The third-order valence-corrected chi connectivity index (χ3v) is 11.7. The number of rotatable bonds is 6. The minimum absolute atomic E-state index is 0.477. The maximum Gasteiger partial charge on any atom is 0.416 e. The maximum atomic E-state index is 14.2. The lowest BCUT2D eigenvalue weighted by molar-refractivity contribution is -0.144. The Labute approximate surface area is 387 Å². The predicted molar refractivity (Wildman–Crippen MR) is 217 cm³/mol. The van der Waals surface area contributed by atoms with Gasteiger partial charge in [-0.15, -0.1) is 0 Å². The van der Waals surface area contributed by atoms with Crippen molar-refractivity contribution in [1.29, 1.82) is 0 Å². The number of hydrogen-bond acceptors (Lipinski definition) is 0. The molecule has 0 aliphatic rings. The third kappa shape index (κ3) is 12.9. The Kier molecular flexibility index (Phi) is 15.1. The van der Waals surface area contributed by atoms with E-state index in [1.54, 1.807) is 0 Å². The Hall–Kier alpha value is -5.69. The molecule has 0 aliphatic heterocycles. The van der Waals surface area contributed by atoms with Gasteiger partial charge in [-0.3, -0.25) is 0 Å². The first-order valence-corrected chi connectivity index (χ1v) is 21.6. The second-order valence-electron chi connectivity index (χ2n) is 16.0. The van der Waals surface area contributed by atoms with Crippen LogP contribution in [0.2, 0.25) is 0 Å². The fourth-order valence-corrected chi connectivity index (χ4v) is 8.67. The Morgan fingerprint density at radius 1 is 0.310 bits per heavy atom. The Balaban J connectivity index is 0.000000569. The monoisotopic (exact) mass is 1070 g/mol. The summed E-state index contributed by atoms with van der Waals surface area (Å²) in [7, 11) is 0.477. The maximum absolute atomic E-state index is 14.2. The number of fused-ring (bicyclic) bond motifs is 1. The predicted octanol–water partition coefficient (Wildman–Crippen LogP) is 14.4. The van der Waals surface area contributed by atoms with Crippen LogP contribution in [0, 0.1) is 0 Å². The summed E-state index contributed by atoms with van der Waals surface area (Å²) >= 11 is 0. The number of hydrogen-bond donors (Lipinski definition) is 0. The molecule has 0 N–H and O–H groups in total. The average molecular weight is 1070 g/mol. The van der Waals surface area contributed by atoms with Crippen molar-refractivity contribution in [3.63, 3.8) is 0 Å². The van der Waals surface area contributed by atoms with Crippen molar-refractivity contribution in [3.8, 4) is 0 Å². The van der Waals surface area contributed by atoms with Gasteiger partial charge < -0.3 is 0 Å². The van der Waals surface area contributed by atoms with Crippen molar-refractivity contribution in [2.24, 2.45) is 0 Å². The Morgan fingerprint density at radius 2 is 0.535 bits per heavy atom.